The molecule has 0 spiro atoms. The second kappa shape index (κ2) is 4.08. The normalized spacial score (nSPS) is 18.2. The number of hydrogen-bond acceptors (Lipinski definition) is 2. The van der Waals surface area contributed by atoms with Crippen molar-refractivity contribution in [2.24, 2.45) is 0 Å². The monoisotopic (exact) mass is 345 g/mol. The number of anilines is 1. The second-order valence-electron chi connectivity index (χ2n) is 3.93. The van der Waals surface area contributed by atoms with Gasteiger partial charge in [-0.25, -0.2) is 0 Å². The highest BCUT2D eigenvalue weighted by molar-refractivity contribution is 14.1. The smallest absolute Gasteiger partial charge is 0.381 e. The average Bonchev–Trinajstić information content (AvgIpc) is 2.73. The number of hydrogen-bond donors (Lipinski definition) is 1. The van der Waals surface area contributed by atoms with Crippen LogP contribution >= 0.6 is 22.6 Å². The van der Waals surface area contributed by atoms with Crippen molar-refractivity contribution in [1.29, 1.82) is 0 Å². The minimum absolute atomic E-state index is 0.0111. The van der Waals surface area contributed by atoms with Gasteiger partial charge in [-0.1, -0.05) is 12.8 Å². The van der Waals surface area contributed by atoms with Crippen molar-refractivity contribution >= 4 is 28.4 Å². The number of halogens is 4. The summed E-state index contributed by atoms with van der Waals surface area (Å²) in [4.78, 5) is 0. The molecule has 16 heavy (non-hydrogen) atoms. The fourth-order valence-corrected chi connectivity index (χ4v) is 2.76. The molecule has 0 atom stereocenters. The highest BCUT2D eigenvalue weighted by Gasteiger charge is 2.41. The molecule has 0 radical (unpaired) electrons. The van der Waals surface area contributed by atoms with Crippen molar-refractivity contribution in [2.45, 2.75) is 37.9 Å². The van der Waals surface area contributed by atoms with Crippen LogP contribution in [0.3, 0.4) is 0 Å². The van der Waals surface area contributed by atoms with Gasteiger partial charge in [-0.05, 0) is 35.4 Å². The summed E-state index contributed by atoms with van der Waals surface area (Å²) in [5.74, 6) is -0.0279. The van der Waals surface area contributed by atoms with E-state index >= 15 is 0 Å². The third-order valence-electron chi connectivity index (χ3n) is 2.82. The lowest BCUT2D eigenvalue weighted by Gasteiger charge is -2.15. The second-order valence-corrected chi connectivity index (χ2v) is 5.01. The maximum absolute atomic E-state index is 12.9. The van der Waals surface area contributed by atoms with Crippen LogP contribution in [0.15, 0.2) is 0 Å². The molecule has 0 unspecified atom stereocenters. The molecule has 3 nitrogen and oxygen atoms in total. The van der Waals surface area contributed by atoms with E-state index < -0.39 is 11.9 Å². The topological polar surface area (TPSA) is 43.8 Å². The molecule has 1 saturated carbocycles. The van der Waals surface area contributed by atoms with E-state index in [1.165, 1.54) is 0 Å². The highest BCUT2D eigenvalue weighted by Crippen LogP contribution is 2.40. The van der Waals surface area contributed by atoms with Gasteiger partial charge in [-0.15, -0.1) is 0 Å². The van der Waals surface area contributed by atoms with E-state index in [2.05, 4.69) is 5.10 Å². The van der Waals surface area contributed by atoms with Gasteiger partial charge in [0.05, 0.1) is 9.61 Å². The van der Waals surface area contributed by atoms with E-state index in [-0.39, 0.29) is 15.4 Å². The Morgan fingerprint density at radius 2 is 1.88 bits per heavy atom. The summed E-state index contributed by atoms with van der Waals surface area (Å²) in [5.41, 5.74) is 4.77. The van der Waals surface area contributed by atoms with Gasteiger partial charge in [-0.3, -0.25) is 4.68 Å². The van der Waals surface area contributed by atoms with Crippen LogP contribution in [-0.2, 0) is 6.18 Å². The number of nitrogens with two attached hydrogens (primary N) is 1. The standard InChI is InChI=1S/C9H11F3IN3/c10-9(11,12)7-6(13)8(14)15-16(7)5-3-1-2-4-5/h5H,1-4H2,(H2,14,15). The molecule has 1 fully saturated rings. The van der Waals surface area contributed by atoms with Crippen molar-refractivity contribution < 1.29 is 13.2 Å². The van der Waals surface area contributed by atoms with Crippen LogP contribution in [0.4, 0.5) is 19.0 Å². The average molecular weight is 345 g/mol. The van der Waals surface area contributed by atoms with Gasteiger partial charge in [0.25, 0.3) is 0 Å². The lowest BCUT2D eigenvalue weighted by atomic mass is 10.2. The molecule has 0 saturated heterocycles. The summed E-state index contributed by atoms with van der Waals surface area (Å²) in [6.45, 7) is 0. The molecule has 1 aromatic rings. The summed E-state index contributed by atoms with van der Waals surface area (Å²) < 4.78 is 39.6. The van der Waals surface area contributed by atoms with Crippen LogP contribution in [0.25, 0.3) is 0 Å². The Morgan fingerprint density at radius 3 is 2.38 bits per heavy atom. The quantitative estimate of drug-likeness (QED) is 0.795. The molecular weight excluding hydrogens is 334 g/mol. The Kier molecular flexibility index (Phi) is 3.06. The molecular formula is C9H11F3IN3. The van der Waals surface area contributed by atoms with E-state index in [1.807, 2.05) is 0 Å². The first-order chi connectivity index (χ1) is 7.41. The van der Waals surface area contributed by atoms with Crippen LogP contribution in [0.5, 0.6) is 0 Å². The molecule has 0 amide bonds. The Labute approximate surface area is 104 Å². The van der Waals surface area contributed by atoms with Crippen LogP contribution in [0.2, 0.25) is 0 Å². The maximum Gasteiger partial charge on any atom is 0.434 e. The van der Waals surface area contributed by atoms with Crippen molar-refractivity contribution in [2.75, 3.05) is 5.73 Å². The number of nitrogen functional groups attached to an aromatic ring is 1. The molecule has 1 heterocycles. The molecule has 1 aliphatic carbocycles. The maximum atomic E-state index is 12.9. The zero-order chi connectivity index (χ0) is 11.9. The third-order valence-corrected chi connectivity index (χ3v) is 3.88. The van der Waals surface area contributed by atoms with E-state index in [4.69, 9.17) is 5.73 Å². The van der Waals surface area contributed by atoms with E-state index in [0.29, 0.717) is 0 Å². The summed E-state index contributed by atoms with van der Waals surface area (Å²) >= 11 is 1.61. The molecule has 2 rings (SSSR count). The molecule has 0 aliphatic heterocycles. The lowest BCUT2D eigenvalue weighted by Crippen LogP contribution is -2.18. The van der Waals surface area contributed by atoms with Crippen molar-refractivity contribution in [1.82, 2.24) is 9.78 Å². The number of alkyl halides is 3. The summed E-state index contributed by atoms with van der Waals surface area (Å²) in [7, 11) is 0. The highest BCUT2D eigenvalue weighted by atomic mass is 127. The fourth-order valence-electron chi connectivity index (χ4n) is 2.10. The van der Waals surface area contributed by atoms with Crippen molar-refractivity contribution in [3.05, 3.63) is 9.26 Å². The predicted octanol–water partition coefficient (Wildman–Crippen LogP) is 3.20. The van der Waals surface area contributed by atoms with E-state index in [9.17, 15) is 13.2 Å². The molecule has 0 aromatic carbocycles. The molecule has 1 aromatic heterocycles. The van der Waals surface area contributed by atoms with Crippen molar-refractivity contribution in [3.63, 3.8) is 0 Å². The largest absolute Gasteiger partial charge is 0.434 e. The molecule has 0 bridgehead atoms. The molecule has 1 aliphatic rings. The minimum atomic E-state index is -4.39. The van der Waals surface area contributed by atoms with Crippen molar-refractivity contribution in [3.8, 4) is 0 Å². The van der Waals surface area contributed by atoms with Crippen LogP contribution in [0.1, 0.15) is 37.4 Å². The Hall–Kier alpha value is -0.470. The summed E-state index contributed by atoms with van der Waals surface area (Å²) in [5, 5.41) is 3.83. The first-order valence-corrected chi connectivity index (χ1v) is 6.10. The molecule has 90 valence electrons. The number of aromatic nitrogens is 2. The fraction of sp³-hybridized carbons (Fsp3) is 0.667. The van der Waals surface area contributed by atoms with E-state index in [1.54, 1.807) is 22.6 Å². The van der Waals surface area contributed by atoms with Crippen LogP contribution in [-0.4, -0.2) is 9.78 Å². The first-order valence-electron chi connectivity index (χ1n) is 5.02. The minimum Gasteiger partial charge on any atom is -0.381 e. The van der Waals surface area contributed by atoms with Gasteiger partial charge in [0.1, 0.15) is 0 Å². The van der Waals surface area contributed by atoms with Gasteiger partial charge in [0, 0.05) is 0 Å². The molecule has 7 heteroatoms. The zero-order valence-corrected chi connectivity index (χ0v) is 10.5. The Bertz CT molecular complexity index is 393. The van der Waals surface area contributed by atoms with Gasteiger partial charge in [0.15, 0.2) is 11.5 Å². The van der Waals surface area contributed by atoms with Gasteiger partial charge < -0.3 is 5.73 Å². The van der Waals surface area contributed by atoms with Crippen LogP contribution in [0, 0.1) is 3.57 Å². The summed E-state index contributed by atoms with van der Waals surface area (Å²) in [6.07, 6.45) is -0.971. The first kappa shape index (κ1) is 12.0. The number of nitrogens with zero attached hydrogens (tertiary/aromatic N) is 2. The lowest BCUT2D eigenvalue weighted by molar-refractivity contribution is -0.145. The summed E-state index contributed by atoms with van der Waals surface area (Å²) in [6, 6.07) is -0.151. The molecule has 2 N–H and O–H groups in total. The zero-order valence-electron chi connectivity index (χ0n) is 8.39. The third kappa shape index (κ3) is 2.01. The van der Waals surface area contributed by atoms with Gasteiger partial charge in [-0.2, -0.15) is 18.3 Å². The Morgan fingerprint density at radius 1 is 1.31 bits per heavy atom. The van der Waals surface area contributed by atoms with Gasteiger partial charge in [0.2, 0.25) is 0 Å². The predicted molar refractivity (Wildman–Crippen MR) is 61.9 cm³/mol. The van der Waals surface area contributed by atoms with E-state index in [0.717, 1.165) is 30.4 Å². The number of rotatable bonds is 1. The Balaban J connectivity index is 2.48. The van der Waals surface area contributed by atoms with Crippen LogP contribution < -0.4 is 5.73 Å². The van der Waals surface area contributed by atoms with Gasteiger partial charge >= 0.3 is 6.18 Å². The SMILES string of the molecule is Nc1nn(C2CCCC2)c(C(F)(F)F)c1I.